The molecule has 5 aromatic carbocycles. The predicted octanol–water partition coefficient (Wildman–Crippen LogP) is 7.28. The lowest BCUT2D eigenvalue weighted by Gasteiger charge is -2.37. The molecular weight excluding hydrogens is 759 g/mol. The molecule has 12 heteroatoms. The Balaban J connectivity index is 1.14. The molecule has 4 heterocycles. The molecule has 11 nitrogen and oxygen atoms in total. The molecule has 0 saturated carbocycles. The minimum atomic E-state index is -2.47. The van der Waals surface area contributed by atoms with Gasteiger partial charge in [-0.3, -0.25) is 19.2 Å². The fourth-order valence-corrected chi connectivity index (χ4v) is 13.7. The number of methoxy groups -OCH3 is 1. The zero-order chi connectivity index (χ0) is 40.9. The Morgan fingerprint density at radius 1 is 0.898 bits per heavy atom. The molecule has 1 aromatic heterocycles. The van der Waals surface area contributed by atoms with Gasteiger partial charge in [0.1, 0.15) is 23.3 Å². The topological polar surface area (TPSA) is 119 Å². The molecule has 9 rings (SSSR count). The molecule has 0 bridgehead atoms. The van der Waals surface area contributed by atoms with Gasteiger partial charge in [0.2, 0.25) is 0 Å². The first-order chi connectivity index (χ1) is 28.6. The maximum Gasteiger partial charge on any atom is 0.269 e. The van der Waals surface area contributed by atoms with Gasteiger partial charge in [-0.05, 0) is 65.6 Å². The van der Waals surface area contributed by atoms with Crippen molar-refractivity contribution in [1.82, 2.24) is 15.0 Å². The summed E-state index contributed by atoms with van der Waals surface area (Å²) in [7, 11) is -0.799. The van der Waals surface area contributed by atoms with Crippen molar-refractivity contribution in [2.24, 2.45) is 5.92 Å². The summed E-state index contributed by atoms with van der Waals surface area (Å²) in [6.07, 6.45) is 1.06. The molecule has 1 saturated heterocycles. The van der Waals surface area contributed by atoms with E-state index < -0.39 is 19.8 Å². The predicted molar refractivity (Wildman–Crippen MR) is 228 cm³/mol. The Labute approximate surface area is 344 Å². The van der Waals surface area contributed by atoms with Crippen molar-refractivity contribution < 1.29 is 28.9 Å². The van der Waals surface area contributed by atoms with Crippen LogP contribution in [0.1, 0.15) is 41.8 Å². The molecule has 300 valence electrons. The van der Waals surface area contributed by atoms with E-state index in [1.165, 1.54) is 5.19 Å². The molecule has 3 aliphatic heterocycles. The maximum absolute atomic E-state index is 15.5. The number of aliphatic hydroxyl groups is 1. The third-order valence-electron chi connectivity index (χ3n) is 12.6. The first-order valence-corrected chi connectivity index (χ1v) is 23.2. The van der Waals surface area contributed by atoms with Crippen molar-refractivity contribution in [1.29, 1.82) is 0 Å². The van der Waals surface area contributed by atoms with Crippen LogP contribution in [-0.4, -0.2) is 59.8 Å². The smallest absolute Gasteiger partial charge is 0.269 e. The van der Waals surface area contributed by atoms with E-state index >= 15 is 4.79 Å². The van der Waals surface area contributed by atoms with Crippen molar-refractivity contribution in [2.45, 2.75) is 62.9 Å². The lowest BCUT2D eigenvalue weighted by atomic mass is 9.82. The number of carbonyl (C=O) groups excluding carboxylic acids is 2. The van der Waals surface area contributed by atoms with Gasteiger partial charge < -0.3 is 24.2 Å². The van der Waals surface area contributed by atoms with Crippen LogP contribution in [0.25, 0.3) is 0 Å². The van der Waals surface area contributed by atoms with Gasteiger partial charge in [0.05, 0.1) is 45.4 Å². The lowest BCUT2D eigenvalue weighted by Crippen LogP contribution is -2.51. The monoisotopic (exact) mass is 805 g/mol. The number of benzene rings is 5. The summed E-state index contributed by atoms with van der Waals surface area (Å²) >= 11 is 0. The summed E-state index contributed by atoms with van der Waals surface area (Å²) < 4.78 is 20.6. The van der Waals surface area contributed by atoms with Gasteiger partial charge in [-0.1, -0.05) is 115 Å². The van der Waals surface area contributed by atoms with E-state index in [4.69, 9.17) is 14.2 Å². The second-order valence-corrected chi connectivity index (χ2v) is 20.9. The highest BCUT2D eigenvalue weighted by Gasteiger charge is 2.66. The van der Waals surface area contributed by atoms with E-state index in [2.05, 4.69) is 42.5 Å². The summed E-state index contributed by atoms with van der Waals surface area (Å²) in [5.41, 5.74) is 3.63. The van der Waals surface area contributed by atoms with Crippen molar-refractivity contribution in [3.05, 3.63) is 156 Å². The Morgan fingerprint density at radius 2 is 1.61 bits per heavy atom. The van der Waals surface area contributed by atoms with E-state index in [1.54, 1.807) is 22.9 Å². The van der Waals surface area contributed by atoms with Crippen molar-refractivity contribution >= 4 is 42.1 Å². The second kappa shape index (κ2) is 15.3. The summed E-state index contributed by atoms with van der Waals surface area (Å²) in [4.78, 5) is 32.7. The van der Waals surface area contributed by atoms with Crippen LogP contribution < -0.4 is 24.5 Å². The van der Waals surface area contributed by atoms with Gasteiger partial charge in [-0.25, -0.2) is 0 Å². The van der Waals surface area contributed by atoms with Crippen LogP contribution in [0.5, 0.6) is 11.5 Å². The van der Waals surface area contributed by atoms with Crippen molar-refractivity contribution in [2.75, 3.05) is 23.5 Å². The van der Waals surface area contributed by atoms with Gasteiger partial charge in [0.25, 0.3) is 11.8 Å². The van der Waals surface area contributed by atoms with E-state index in [1.807, 2.05) is 120 Å². The number of aliphatic hydroxyl groups excluding tert-OH is 1. The molecule has 6 aromatic rings. The average molecular weight is 806 g/mol. The Morgan fingerprint density at radius 3 is 2.36 bits per heavy atom. The molecule has 5 atom stereocenters. The van der Waals surface area contributed by atoms with Gasteiger partial charge in [0, 0.05) is 23.7 Å². The third-order valence-corrected chi connectivity index (χ3v) is 16.9. The Hall–Kier alpha value is -6.08. The minimum absolute atomic E-state index is 0.0309. The van der Waals surface area contributed by atoms with E-state index in [9.17, 15) is 9.90 Å². The van der Waals surface area contributed by atoms with E-state index in [0.717, 1.165) is 28.1 Å². The fourth-order valence-electron chi connectivity index (χ4n) is 9.63. The van der Waals surface area contributed by atoms with Gasteiger partial charge in [-0.2, -0.15) is 0 Å². The number of carbonyl (C=O) groups is 2. The Kier molecular flexibility index (Phi) is 9.94. The lowest BCUT2D eigenvalue weighted by molar-refractivity contribution is -0.146. The van der Waals surface area contributed by atoms with E-state index in [-0.39, 0.29) is 36.0 Å². The second-order valence-electron chi connectivity index (χ2n) is 16.2. The van der Waals surface area contributed by atoms with Gasteiger partial charge in [0.15, 0.2) is 12.2 Å². The molecule has 0 radical (unpaired) electrons. The highest BCUT2D eigenvalue weighted by Crippen LogP contribution is 2.61. The molecular formula is C47H47N5O6Si. The number of hydrogen-bond acceptors (Lipinski definition) is 8. The quantitative estimate of drug-likeness (QED) is 0.136. The van der Waals surface area contributed by atoms with Crippen LogP contribution in [0.15, 0.2) is 134 Å². The van der Waals surface area contributed by atoms with Crippen LogP contribution in [0.2, 0.25) is 18.6 Å². The number of amides is 2. The van der Waals surface area contributed by atoms with Crippen LogP contribution in [-0.2, 0) is 33.0 Å². The molecule has 0 unspecified atom stereocenters. The number of nitrogens with zero attached hydrogens (tertiary/aromatic N) is 5. The fraction of sp³-hybridized carbons (Fsp3) is 0.277. The molecule has 2 amide bonds. The number of ether oxygens (including phenoxy) is 3. The molecule has 1 fully saturated rings. The zero-order valence-corrected chi connectivity index (χ0v) is 34.6. The Bertz CT molecular complexity index is 2500. The van der Waals surface area contributed by atoms with Crippen LogP contribution >= 0.6 is 0 Å². The number of anilines is 3. The first-order valence-electron chi connectivity index (χ1n) is 20.1. The SMILES string of the molecule is COc1ccc([Si](C)(C)[C@@H]2[C@@H](CCn3cc([C@H](O)c4ccccc4)nn3)O[C@]3(C(=O)N(Cc4ccccc4)c4ccc(N5C(=O)COc6ccccc65)cc43)[C@H]2C)cc1. The molecule has 0 aliphatic carbocycles. The minimum Gasteiger partial charge on any atom is -0.497 e. The molecule has 1 spiro atoms. The summed E-state index contributed by atoms with van der Waals surface area (Å²) in [5.74, 6) is 0.824. The normalized spacial score (nSPS) is 21.7. The number of para-hydroxylation sites is 2. The van der Waals surface area contributed by atoms with Gasteiger partial charge in [-0.15, -0.1) is 5.10 Å². The summed E-state index contributed by atoms with van der Waals surface area (Å²) in [5, 5.41) is 21.1. The standard InChI is InChI=1S/C47H47N5O6Si/c1-31-45(59(3,4)36-22-20-35(56-2)21-23-36)42(25-26-50-29-38(48-49-50)44(54)33-15-9-6-10-16-33)58-47(31)37-27-34(52-40-17-11-12-18-41(40)57-30-43(52)53)19-24-39(37)51(46(47)55)28-32-13-7-5-8-14-32/h5-24,27,29,31,42,44-45,54H,25-26,28,30H2,1-4H3/t31-,42+,44+,45-,47+/m0/s1. The van der Waals surface area contributed by atoms with Crippen LogP contribution in [0.3, 0.4) is 0 Å². The summed E-state index contributed by atoms with van der Waals surface area (Å²) in [6, 6.07) is 41.1. The molecule has 3 aliphatic rings. The zero-order valence-electron chi connectivity index (χ0n) is 33.6. The molecule has 1 N–H and O–H groups in total. The number of aryl methyl sites for hydroxylation is 1. The van der Waals surface area contributed by atoms with Gasteiger partial charge >= 0.3 is 0 Å². The largest absolute Gasteiger partial charge is 0.497 e. The highest BCUT2D eigenvalue weighted by molar-refractivity contribution is 6.91. The van der Waals surface area contributed by atoms with Crippen LogP contribution in [0.4, 0.5) is 17.1 Å². The van der Waals surface area contributed by atoms with E-state index in [0.29, 0.717) is 42.3 Å². The number of fused-ring (bicyclic) bond motifs is 3. The summed E-state index contributed by atoms with van der Waals surface area (Å²) in [6.45, 7) is 7.61. The number of aromatic nitrogens is 3. The number of rotatable bonds is 11. The highest BCUT2D eigenvalue weighted by atomic mass is 28.3. The van der Waals surface area contributed by atoms with Crippen LogP contribution in [0, 0.1) is 5.92 Å². The number of hydrogen-bond donors (Lipinski definition) is 1. The average Bonchev–Trinajstić information content (AvgIpc) is 3.93. The maximum atomic E-state index is 15.5. The van der Waals surface area contributed by atoms with Crippen molar-refractivity contribution in [3.8, 4) is 11.5 Å². The third kappa shape index (κ3) is 6.61. The molecule has 59 heavy (non-hydrogen) atoms. The van der Waals surface area contributed by atoms with Crippen molar-refractivity contribution in [3.63, 3.8) is 0 Å². The first kappa shape index (κ1) is 38.4.